The number of benzene rings is 2. The van der Waals surface area contributed by atoms with Crippen LogP contribution in [0.2, 0.25) is 0 Å². The molecule has 0 bridgehead atoms. The number of fused-ring (bicyclic) bond motifs is 1. The van der Waals surface area contributed by atoms with Gasteiger partial charge in [-0.1, -0.05) is 6.07 Å². The molecule has 2 aliphatic rings. The maximum Gasteiger partial charge on any atom is 0.231 e. The molecule has 6 heteroatoms. The zero-order valence-electron chi connectivity index (χ0n) is 16.1. The summed E-state index contributed by atoms with van der Waals surface area (Å²) in [5, 5.41) is 0. The van der Waals surface area contributed by atoms with Crippen LogP contribution in [-0.2, 0) is 4.79 Å². The third-order valence-electron chi connectivity index (χ3n) is 5.56. The van der Waals surface area contributed by atoms with Crippen molar-refractivity contribution >= 4 is 6.29 Å². The fraction of sp³-hybridized carbons (Fsp3) is 0.409. The molecule has 0 amide bonds. The van der Waals surface area contributed by atoms with Crippen LogP contribution >= 0.6 is 0 Å². The Morgan fingerprint density at radius 3 is 2.71 bits per heavy atom. The molecular weight excluding hydrogens is 361 g/mol. The summed E-state index contributed by atoms with van der Waals surface area (Å²) in [4.78, 5) is 13.3. The first-order chi connectivity index (χ1) is 13.6. The van der Waals surface area contributed by atoms with Gasteiger partial charge in [0.05, 0.1) is 13.2 Å². The summed E-state index contributed by atoms with van der Waals surface area (Å²) in [6, 6.07) is 8.86. The first-order valence-electron chi connectivity index (χ1n) is 9.60. The molecular formula is C22H24FNO4. The molecule has 28 heavy (non-hydrogen) atoms. The highest BCUT2D eigenvalue weighted by molar-refractivity contribution is 5.53. The van der Waals surface area contributed by atoms with Gasteiger partial charge in [-0.05, 0) is 55.5 Å². The molecule has 5 nitrogen and oxygen atoms in total. The smallest absolute Gasteiger partial charge is 0.231 e. The van der Waals surface area contributed by atoms with Crippen LogP contribution in [0.15, 0.2) is 30.3 Å². The minimum atomic E-state index is -0.296. The van der Waals surface area contributed by atoms with Crippen LogP contribution in [-0.4, -0.2) is 37.7 Å². The van der Waals surface area contributed by atoms with E-state index >= 15 is 0 Å². The Labute approximate surface area is 164 Å². The van der Waals surface area contributed by atoms with E-state index in [-0.39, 0.29) is 31.1 Å². The second kappa shape index (κ2) is 7.80. The lowest BCUT2D eigenvalue weighted by atomic mass is 9.90. The third kappa shape index (κ3) is 3.44. The van der Waals surface area contributed by atoms with Crippen molar-refractivity contribution in [2.45, 2.75) is 32.2 Å². The lowest BCUT2D eigenvalue weighted by Gasteiger charge is -2.23. The summed E-state index contributed by atoms with van der Waals surface area (Å²) in [5.41, 5.74) is 2.88. The number of halogens is 1. The van der Waals surface area contributed by atoms with Gasteiger partial charge >= 0.3 is 0 Å². The molecule has 1 fully saturated rings. The van der Waals surface area contributed by atoms with E-state index in [4.69, 9.17) is 14.2 Å². The Morgan fingerprint density at radius 2 is 2.00 bits per heavy atom. The number of aldehydes is 1. The quantitative estimate of drug-likeness (QED) is 0.704. The van der Waals surface area contributed by atoms with Crippen LogP contribution in [0, 0.1) is 12.7 Å². The van der Waals surface area contributed by atoms with Crippen LogP contribution in [0.3, 0.4) is 0 Å². The number of rotatable bonds is 6. The van der Waals surface area contributed by atoms with Gasteiger partial charge < -0.3 is 19.0 Å². The third-order valence-corrected chi connectivity index (χ3v) is 5.56. The molecule has 1 saturated heterocycles. The van der Waals surface area contributed by atoms with Crippen molar-refractivity contribution in [1.29, 1.82) is 0 Å². The molecule has 0 saturated carbocycles. The Balaban J connectivity index is 1.63. The van der Waals surface area contributed by atoms with Crippen LogP contribution in [0.1, 0.15) is 42.0 Å². The van der Waals surface area contributed by atoms with Crippen molar-refractivity contribution in [2.75, 3.05) is 26.5 Å². The van der Waals surface area contributed by atoms with Gasteiger partial charge in [0, 0.05) is 24.2 Å². The zero-order valence-corrected chi connectivity index (χ0v) is 16.1. The first kappa shape index (κ1) is 18.7. The number of carbonyl (C=O) groups excluding carboxylic acids is 1. The predicted molar refractivity (Wildman–Crippen MR) is 103 cm³/mol. The summed E-state index contributed by atoms with van der Waals surface area (Å²) in [7, 11) is 0. The Bertz CT molecular complexity index is 885. The van der Waals surface area contributed by atoms with E-state index in [9.17, 15) is 9.18 Å². The number of aryl methyl sites for hydroxylation is 1. The van der Waals surface area contributed by atoms with E-state index in [0.717, 1.165) is 35.3 Å². The lowest BCUT2D eigenvalue weighted by Crippen LogP contribution is -2.26. The molecule has 148 valence electrons. The van der Waals surface area contributed by atoms with Gasteiger partial charge in [-0.15, -0.1) is 0 Å². The standard InChI is InChI=1S/C22H24FNO4/c1-3-26-16-4-5-17(19(23)10-16)20-9-15(12-24(20)6-7-25)18-11-22-21(8-14(18)2)27-13-28-22/h4-5,7-8,10-11,15,20H,3,6,9,12-13H2,1-2H3/t15?,20-/m1/s1. The summed E-state index contributed by atoms with van der Waals surface area (Å²) < 4.78 is 31.2. The Hall–Kier alpha value is -2.60. The summed E-state index contributed by atoms with van der Waals surface area (Å²) in [6.45, 7) is 5.61. The SMILES string of the molecule is CCOc1ccc([C@H]2CC(c3cc4c(cc3C)OCO4)CN2CC=O)c(F)c1. The monoisotopic (exact) mass is 385 g/mol. The number of hydrogen-bond donors (Lipinski definition) is 0. The Morgan fingerprint density at radius 1 is 1.21 bits per heavy atom. The largest absolute Gasteiger partial charge is 0.494 e. The fourth-order valence-electron chi connectivity index (χ4n) is 4.28. The van der Waals surface area contributed by atoms with Crippen LogP contribution in [0.4, 0.5) is 4.39 Å². The van der Waals surface area contributed by atoms with Gasteiger partial charge in [-0.2, -0.15) is 0 Å². The molecule has 0 radical (unpaired) electrons. The van der Waals surface area contributed by atoms with E-state index in [0.29, 0.717) is 24.5 Å². The molecule has 2 heterocycles. The predicted octanol–water partition coefficient (Wildman–Crippen LogP) is 3.99. The molecule has 2 aliphatic heterocycles. The number of ether oxygens (including phenoxy) is 3. The number of nitrogens with zero attached hydrogens (tertiary/aromatic N) is 1. The van der Waals surface area contributed by atoms with Gasteiger partial charge in [-0.25, -0.2) is 4.39 Å². The molecule has 4 rings (SSSR count). The normalized spacial score (nSPS) is 21.1. The van der Waals surface area contributed by atoms with Gasteiger partial charge in [0.15, 0.2) is 11.5 Å². The molecule has 0 aliphatic carbocycles. The lowest BCUT2D eigenvalue weighted by molar-refractivity contribution is -0.109. The maximum absolute atomic E-state index is 14.8. The van der Waals surface area contributed by atoms with Crippen molar-refractivity contribution in [3.63, 3.8) is 0 Å². The van der Waals surface area contributed by atoms with E-state index in [1.807, 2.05) is 30.9 Å². The van der Waals surface area contributed by atoms with E-state index in [2.05, 4.69) is 0 Å². The van der Waals surface area contributed by atoms with Gasteiger partial charge in [-0.3, -0.25) is 4.90 Å². The van der Waals surface area contributed by atoms with Crippen LogP contribution in [0.25, 0.3) is 0 Å². The van der Waals surface area contributed by atoms with Crippen molar-refractivity contribution in [3.05, 3.63) is 52.8 Å². The van der Waals surface area contributed by atoms with E-state index < -0.39 is 0 Å². The highest BCUT2D eigenvalue weighted by Crippen LogP contribution is 2.45. The highest BCUT2D eigenvalue weighted by Gasteiger charge is 2.36. The van der Waals surface area contributed by atoms with E-state index in [1.54, 1.807) is 12.1 Å². The van der Waals surface area contributed by atoms with E-state index in [1.165, 1.54) is 6.07 Å². The highest BCUT2D eigenvalue weighted by atomic mass is 19.1. The topological polar surface area (TPSA) is 48.0 Å². The van der Waals surface area contributed by atoms with Crippen LogP contribution < -0.4 is 14.2 Å². The molecule has 2 aromatic rings. The van der Waals surface area contributed by atoms with Gasteiger partial charge in [0.1, 0.15) is 17.9 Å². The van der Waals surface area contributed by atoms with Crippen LogP contribution in [0.5, 0.6) is 17.2 Å². The molecule has 0 spiro atoms. The average Bonchev–Trinajstić information content (AvgIpc) is 3.28. The maximum atomic E-state index is 14.8. The van der Waals surface area contributed by atoms with Crippen molar-refractivity contribution in [1.82, 2.24) is 4.90 Å². The van der Waals surface area contributed by atoms with Crippen molar-refractivity contribution in [2.24, 2.45) is 0 Å². The minimum absolute atomic E-state index is 0.157. The fourth-order valence-corrected chi connectivity index (χ4v) is 4.28. The summed E-state index contributed by atoms with van der Waals surface area (Å²) in [6.07, 6.45) is 1.62. The van der Waals surface area contributed by atoms with Crippen molar-refractivity contribution < 1.29 is 23.4 Å². The summed E-state index contributed by atoms with van der Waals surface area (Å²) >= 11 is 0. The number of likely N-dealkylation sites (tertiary alicyclic amines) is 1. The number of carbonyl (C=O) groups is 1. The second-order valence-electron chi connectivity index (χ2n) is 7.25. The molecule has 0 aromatic heterocycles. The first-order valence-corrected chi connectivity index (χ1v) is 9.60. The minimum Gasteiger partial charge on any atom is -0.494 e. The molecule has 2 atom stereocenters. The summed E-state index contributed by atoms with van der Waals surface area (Å²) in [5.74, 6) is 1.92. The van der Waals surface area contributed by atoms with Gasteiger partial charge in [0.2, 0.25) is 6.79 Å². The Kier molecular flexibility index (Phi) is 5.22. The average molecular weight is 385 g/mol. The zero-order chi connectivity index (χ0) is 19.7. The molecule has 2 aromatic carbocycles. The van der Waals surface area contributed by atoms with Crippen molar-refractivity contribution in [3.8, 4) is 17.2 Å². The molecule has 0 N–H and O–H groups in total. The number of hydrogen-bond acceptors (Lipinski definition) is 5. The molecule has 1 unspecified atom stereocenters. The van der Waals surface area contributed by atoms with Gasteiger partial charge in [0.25, 0.3) is 0 Å². The second-order valence-corrected chi connectivity index (χ2v) is 7.25.